The average molecular weight is 194 g/mol. The van der Waals surface area contributed by atoms with E-state index in [0.29, 0.717) is 0 Å². The van der Waals surface area contributed by atoms with Crippen molar-refractivity contribution in [1.29, 1.82) is 0 Å². The first-order valence-corrected chi connectivity index (χ1v) is 3.05. The standard InChI is InChI=1S/C8H10O2.Na.H2P/c1-9-7-4-3-5-8(6-7)10-2;;/h3-6H,1-2H3;;1H2/q;+1;-1. The van der Waals surface area contributed by atoms with Gasteiger partial charge in [0.25, 0.3) is 0 Å². The minimum absolute atomic E-state index is 0. The fourth-order valence-electron chi connectivity index (χ4n) is 0.728. The Morgan fingerprint density at radius 2 is 1.42 bits per heavy atom. The zero-order valence-electron chi connectivity index (χ0n) is 7.70. The second kappa shape index (κ2) is 7.88. The van der Waals surface area contributed by atoms with Crippen molar-refractivity contribution >= 4 is 9.90 Å². The van der Waals surface area contributed by atoms with Crippen LogP contribution in [0.2, 0.25) is 0 Å². The van der Waals surface area contributed by atoms with Gasteiger partial charge in [-0.2, -0.15) is 0 Å². The monoisotopic (exact) mass is 194 g/mol. The summed E-state index contributed by atoms with van der Waals surface area (Å²) in [6.07, 6.45) is 0. The summed E-state index contributed by atoms with van der Waals surface area (Å²) in [6.45, 7) is 0. The number of rotatable bonds is 2. The molecule has 0 bridgehead atoms. The third kappa shape index (κ3) is 4.32. The van der Waals surface area contributed by atoms with Crippen LogP contribution < -0.4 is 39.0 Å². The van der Waals surface area contributed by atoms with Crippen LogP contribution in [0.25, 0.3) is 0 Å². The summed E-state index contributed by atoms with van der Waals surface area (Å²) < 4.78 is 9.95. The van der Waals surface area contributed by atoms with E-state index in [9.17, 15) is 0 Å². The minimum Gasteiger partial charge on any atom is -0.577 e. The van der Waals surface area contributed by atoms with Crippen LogP contribution in [0, 0.1) is 0 Å². The fourth-order valence-corrected chi connectivity index (χ4v) is 0.728. The molecule has 0 aliphatic carbocycles. The van der Waals surface area contributed by atoms with Crippen LogP contribution in [0.5, 0.6) is 11.5 Å². The number of hydrogen-bond acceptors (Lipinski definition) is 2. The smallest absolute Gasteiger partial charge is 0.577 e. The van der Waals surface area contributed by atoms with Crippen molar-refractivity contribution in [2.45, 2.75) is 0 Å². The second-order valence-electron chi connectivity index (χ2n) is 1.88. The predicted molar refractivity (Wildman–Crippen MR) is 49.3 cm³/mol. The first-order chi connectivity index (χ1) is 4.86. The van der Waals surface area contributed by atoms with Crippen molar-refractivity contribution in [3.8, 4) is 11.5 Å². The van der Waals surface area contributed by atoms with Crippen LogP contribution in [0.1, 0.15) is 0 Å². The maximum Gasteiger partial charge on any atom is 1.00 e. The van der Waals surface area contributed by atoms with Crippen LogP contribution in [0.3, 0.4) is 0 Å². The number of methoxy groups -OCH3 is 2. The Kier molecular flexibility index (Phi) is 9.69. The van der Waals surface area contributed by atoms with Crippen molar-refractivity contribution in [2.75, 3.05) is 14.2 Å². The second-order valence-corrected chi connectivity index (χ2v) is 1.88. The van der Waals surface area contributed by atoms with E-state index in [4.69, 9.17) is 9.47 Å². The van der Waals surface area contributed by atoms with Crippen LogP contribution in [0.15, 0.2) is 24.3 Å². The molecule has 4 heteroatoms. The summed E-state index contributed by atoms with van der Waals surface area (Å²) in [4.78, 5) is 0. The molecule has 0 N–H and O–H groups in total. The summed E-state index contributed by atoms with van der Waals surface area (Å²) in [5.41, 5.74) is 0. The van der Waals surface area contributed by atoms with Gasteiger partial charge >= 0.3 is 29.6 Å². The Bertz CT molecular complexity index is 199. The number of ether oxygens (including phenoxy) is 2. The largest absolute Gasteiger partial charge is 1.00 e. The molecule has 1 aromatic carbocycles. The molecule has 1 aromatic rings. The normalized spacial score (nSPS) is 7.50. The Balaban J connectivity index is 0. The van der Waals surface area contributed by atoms with Crippen molar-refractivity contribution in [2.24, 2.45) is 0 Å². The molecule has 0 aromatic heterocycles. The van der Waals surface area contributed by atoms with Crippen molar-refractivity contribution < 1.29 is 39.0 Å². The zero-order chi connectivity index (χ0) is 7.40. The Labute approximate surface area is 98.6 Å². The van der Waals surface area contributed by atoms with Crippen LogP contribution in [-0.2, 0) is 0 Å². The summed E-state index contributed by atoms with van der Waals surface area (Å²) >= 11 is 0. The molecule has 0 atom stereocenters. The van der Waals surface area contributed by atoms with Gasteiger partial charge in [-0.05, 0) is 12.1 Å². The van der Waals surface area contributed by atoms with Gasteiger partial charge in [-0.15, -0.1) is 0 Å². The topological polar surface area (TPSA) is 18.5 Å². The van der Waals surface area contributed by atoms with Gasteiger partial charge in [0, 0.05) is 6.07 Å². The van der Waals surface area contributed by atoms with E-state index in [1.807, 2.05) is 24.3 Å². The van der Waals surface area contributed by atoms with E-state index >= 15 is 0 Å². The molecular weight excluding hydrogens is 182 g/mol. The Morgan fingerprint density at radius 1 is 1.00 bits per heavy atom. The van der Waals surface area contributed by atoms with Crippen LogP contribution in [-0.4, -0.2) is 14.2 Å². The molecule has 0 fully saturated rings. The van der Waals surface area contributed by atoms with E-state index in [0.717, 1.165) is 11.5 Å². The molecule has 0 aliphatic heterocycles. The van der Waals surface area contributed by atoms with E-state index in [1.165, 1.54) is 0 Å². The average Bonchev–Trinajstić information content (AvgIpc) is 2.05. The van der Waals surface area contributed by atoms with Crippen LogP contribution in [0.4, 0.5) is 0 Å². The molecule has 0 unspecified atom stereocenters. The predicted octanol–water partition coefficient (Wildman–Crippen LogP) is -0.966. The summed E-state index contributed by atoms with van der Waals surface area (Å²) in [6, 6.07) is 7.47. The van der Waals surface area contributed by atoms with Gasteiger partial charge in [0.05, 0.1) is 14.2 Å². The van der Waals surface area contributed by atoms with Gasteiger partial charge in [0.15, 0.2) is 0 Å². The van der Waals surface area contributed by atoms with Crippen LogP contribution >= 0.6 is 9.90 Å². The van der Waals surface area contributed by atoms with Crippen molar-refractivity contribution in [1.82, 2.24) is 0 Å². The van der Waals surface area contributed by atoms with Gasteiger partial charge in [0.2, 0.25) is 0 Å². The quantitative estimate of drug-likeness (QED) is 0.445. The molecule has 12 heavy (non-hydrogen) atoms. The first kappa shape index (κ1) is 14.8. The van der Waals surface area contributed by atoms with Gasteiger partial charge in [-0.1, -0.05) is 6.07 Å². The number of hydrogen-bond donors (Lipinski definition) is 0. The molecular formula is C8H12NaO2P. The van der Waals surface area contributed by atoms with Crippen molar-refractivity contribution in [3.63, 3.8) is 0 Å². The SMILES string of the molecule is COc1cccc(OC)c1.[Na+].[PH2-]. The van der Waals surface area contributed by atoms with Gasteiger partial charge in [-0.3, -0.25) is 0 Å². The zero-order valence-corrected chi connectivity index (χ0v) is 10.9. The summed E-state index contributed by atoms with van der Waals surface area (Å²) in [7, 11) is 3.27. The third-order valence-corrected chi connectivity index (χ3v) is 1.28. The minimum atomic E-state index is 0. The van der Waals surface area contributed by atoms with E-state index in [1.54, 1.807) is 14.2 Å². The molecule has 0 radical (unpaired) electrons. The molecule has 0 aliphatic rings. The van der Waals surface area contributed by atoms with E-state index in [-0.39, 0.29) is 39.5 Å². The maximum absolute atomic E-state index is 4.98. The maximum atomic E-state index is 4.98. The third-order valence-electron chi connectivity index (χ3n) is 1.28. The van der Waals surface area contributed by atoms with E-state index < -0.39 is 0 Å². The summed E-state index contributed by atoms with van der Waals surface area (Å²) in [5.74, 6) is 1.64. The molecule has 0 saturated carbocycles. The molecule has 0 heterocycles. The molecule has 0 spiro atoms. The molecule has 2 nitrogen and oxygen atoms in total. The van der Waals surface area contributed by atoms with E-state index in [2.05, 4.69) is 0 Å². The van der Waals surface area contributed by atoms with Gasteiger partial charge in [-0.25, -0.2) is 0 Å². The molecule has 1 rings (SSSR count). The Hall–Kier alpha value is 0.250. The molecule has 62 valence electrons. The number of benzene rings is 1. The van der Waals surface area contributed by atoms with Gasteiger partial charge < -0.3 is 19.4 Å². The first-order valence-electron chi connectivity index (χ1n) is 3.05. The van der Waals surface area contributed by atoms with Gasteiger partial charge in [0.1, 0.15) is 11.5 Å². The summed E-state index contributed by atoms with van der Waals surface area (Å²) in [5, 5.41) is 0. The Morgan fingerprint density at radius 3 is 1.75 bits per heavy atom. The molecule has 0 amide bonds. The molecule has 0 saturated heterocycles. The van der Waals surface area contributed by atoms with Crippen molar-refractivity contribution in [3.05, 3.63) is 24.3 Å². The fraction of sp³-hybridized carbons (Fsp3) is 0.250.